The summed E-state index contributed by atoms with van der Waals surface area (Å²) in [7, 11) is 3.25. The molecule has 0 aromatic heterocycles. The van der Waals surface area contributed by atoms with Gasteiger partial charge in [-0.3, -0.25) is 4.79 Å². The van der Waals surface area contributed by atoms with Crippen LogP contribution in [0.3, 0.4) is 0 Å². The van der Waals surface area contributed by atoms with Crippen molar-refractivity contribution in [1.29, 1.82) is 0 Å². The number of hydrogen-bond donors (Lipinski definition) is 0. The second-order valence-electron chi connectivity index (χ2n) is 6.45. The van der Waals surface area contributed by atoms with Gasteiger partial charge >= 0.3 is 0 Å². The summed E-state index contributed by atoms with van der Waals surface area (Å²) in [5, 5.41) is 0. The first-order valence-electron chi connectivity index (χ1n) is 8.30. The maximum atomic E-state index is 12.3. The molecule has 1 saturated heterocycles. The zero-order chi connectivity index (χ0) is 16.4. The summed E-state index contributed by atoms with van der Waals surface area (Å²) in [6, 6.07) is 5.61. The fraction of sp³-hybridized carbons (Fsp3) is 0.611. The Labute approximate surface area is 137 Å². The van der Waals surface area contributed by atoms with Gasteiger partial charge in [0.15, 0.2) is 11.5 Å². The van der Waals surface area contributed by atoms with Crippen molar-refractivity contribution in [3.63, 3.8) is 0 Å². The average molecular weight is 319 g/mol. The minimum atomic E-state index is 0.0841. The van der Waals surface area contributed by atoms with Crippen LogP contribution in [0.15, 0.2) is 18.2 Å². The Kier molecular flexibility index (Phi) is 4.64. The monoisotopic (exact) mass is 319 g/mol. The number of benzene rings is 1. The fourth-order valence-corrected chi connectivity index (χ4v) is 3.19. The number of carbonyl (C=O) groups is 1. The number of amides is 1. The molecule has 2 aliphatic rings. The minimum Gasteiger partial charge on any atom is -0.493 e. The van der Waals surface area contributed by atoms with Crippen molar-refractivity contribution in [3.8, 4) is 17.2 Å². The lowest BCUT2D eigenvalue weighted by molar-refractivity contribution is -0.134. The van der Waals surface area contributed by atoms with E-state index in [1.54, 1.807) is 14.2 Å². The molecule has 2 atom stereocenters. The Balaban J connectivity index is 1.60. The molecule has 1 aromatic carbocycles. The van der Waals surface area contributed by atoms with Crippen molar-refractivity contribution in [2.24, 2.45) is 11.8 Å². The lowest BCUT2D eigenvalue weighted by atomic mass is 10.1. The smallest absolute Gasteiger partial charge is 0.225 e. The summed E-state index contributed by atoms with van der Waals surface area (Å²) in [6.45, 7) is 3.68. The molecule has 0 spiro atoms. The molecule has 126 valence electrons. The van der Waals surface area contributed by atoms with Crippen LogP contribution in [0.1, 0.15) is 26.2 Å². The molecule has 1 heterocycles. The first kappa shape index (κ1) is 16.0. The van der Waals surface area contributed by atoms with Gasteiger partial charge < -0.3 is 19.1 Å². The number of hydrogen-bond acceptors (Lipinski definition) is 4. The van der Waals surface area contributed by atoms with Crippen molar-refractivity contribution in [2.75, 3.05) is 27.3 Å². The van der Waals surface area contributed by atoms with E-state index in [0.29, 0.717) is 29.1 Å². The van der Waals surface area contributed by atoms with Gasteiger partial charge in [-0.25, -0.2) is 0 Å². The number of methoxy groups -OCH3 is 2. The third-order valence-electron chi connectivity index (χ3n) is 4.85. The molecule has 0 bridgehead atoms. The molecule has 23 heavy (non-hydrogen) atoms. The van der Waals surface area contributed by atoms with Crippen LogP contribution in [-0.4, -0.2) is 44.2 Å². The third-order valence-corrected chi connectivity index (χ3v) is 4.85. The van der Waals surface area contributed by atoms with Crippen LogP contribution in [-0.2, 0) is 4.79 Å². The van der Waals surface area contributed by atoms with Crippen LogP contribution in [0.4, 0.5) is 0 Å². The Morgan fingerprint density at radius 3 is 2.17 bits per heavy atom. The van der Waals surface area contributed by atoms with Gasteiger partial charge in [0.1, 0.15) is 6.10 Å². The number of carbonyl (C=O) groups excluding carboxylic acids is 1. The van der Waals surface area contributed by atoms with Crippen molar-refractivity contribution in [3.05, 3.63) is 18.2 Å². The van der Waals surface area contributed by atoms with Crippen LogP contribution in [0, 0.1) is 11.8 Å². The van der Waals surface area contributed by atoms with E-state index in [4.69, 9.17) is 14.2 Å². The van der Waals surface area contributed by atoms with Crippen LogP contribution in [0.5, 0.6) is 17.2 Å². The maximum Gasteiger partial charge on any atom is 0.225 e. The van der Waals surface area contributed by atoms with E-state index < -0.39 is 0 Å². The van der Waals surface area contributed by atoms with E-state index in [2.05, 4.69) is 6.92 Å². The van der Waals surface area contributed by atoms with E-state index in [1.165, 1.54) is 0 Å². The summed E-state index contributed by atoms with van der Waals surface area (Å²) in [4.78, 5) is 14.3. The zero-order valence-corrected chi connectivity index (χ0v) is 14.1. The summed E-state index contributed by atoms with van der Waals surface area (Å²) >= 11 is 0. The highest BCUT2D eigenvalue weighted by molar-refractivity contribution is 5.81. The average Bonchev–Trinajstić information content (AvgIpc) is 3.32. The summed E-state index contributed by atoms with van der Waals surface area (Å²) in [5.74, 6) is 3.16. The molecule has 0 unspecified atom stereocenters. The second-order valence-corrected chi connectivity index (χ2v) is 6.45. The first-order chi connectivity index (χ1) is 11.1. The molecule has 5 heteroatoms. The topological polar surface area (TPSA) is 48.0 Å². The summed E-state index contributed by atoms with van der Waals surface area (Å²) in [6.07, 6.45) is 2.82. The van der Waals surface area contributed by atoms with Gasteiger partial charge in [-0.2, -0.15) is 0 Å². The van der Waals surface area contributed by atoms with Gasteiger partial charge in [0.2, 0.25) is 11.7 Å². The molecule has 5 nitrogen and oxygen atoms in total. The van der Waals surface area contributed by atoms with Crippen LogP contribution in [0.25, 0.3) is 0 Å². The SMILES string of the molecule is COc1cccc(OC)c1OC1CCN(C(=O)[C@@H]2C[C@H]2C)CC1. The van der Waals surface area contributed by atoms with Gasteiger partial charge in [0.05, 0.1) is 14.2 Å². The van der Waals surface area contributed by atoms with Crippen molar-refractivity contribution >= 4 is 5.91 Å². The van der Waals surface area contributed by atoms with E-state index >= 15 is 0 Å². The van der Waals surface area contributed by atoms with Gasteiger partial charge in [0, 0.05) is 31.8 Å². The highest BCUT2D eigenvalue weighted by Gasteiger charge is 2.42. The largest absolute Gasteiger partial charge is 0.493 e. The fourth-order valence-electron chi connectivity index (χ4n) is 3.19. The van der Waals surface area contributed by atoms with Crippen LogP contribution >= 0.6 is 0 Å². The number of ether oxygens (including phenoxy) is 3. The van der Waals surface area contributed by atoms with Gasteiger partial charge in [0.25, 0.3) is 0 Å². The third kappa shape index (κ3) is 3.38. The molecule has 0 radical (unpaired) electrons. The number of rotatable bonds is 5. The molecule has 1 aliphatic carbocycles. The first-order valence-corrected chi connectivity index (χ1v) is 8.30. The molecular weight excluding hydrogens is 294 g/mol. The van der Waals surface area contributed by atoms with Gasteiger partial charge in [-0.15, -0.1) is 0 Å². The number of nitrogens with zero attached hydrogens (tertiary/aromatic N) is 1. The highest BCUT2D eigenvalue weighted by atomic mass is 16.5. The van der Waals surface area contributed by atoms with Crippen LogP contribution in [0.2, 0.25) is 0 Å². The standard InChI is InChI=1S/C18H25NO4/c1-12-11-14(12)18(20)19-9-7-13(8-10-19)23-17-15(21-2)5-4-6-16(17)22-3/h4-6,12-14H,7-11H2,1-3H3/t12-,14-/m1/s1. The minimum absolute atomic E-state index is 0.0841. The maximum absolute atomic E-state index is 12.3. The summed E-state index contributed by atoms with van der Waals surface area (Å²) < 4.78 is 16.9. The number of piperidine rings is 1. The lowest BCUT2D eigenvalue weighted by Crippen LogP contribution is -2.42. The molecule has 1 aliphatic heterocycles. The summed E-state index contributed by atoms with van der Waals surface area (Å²) in [5.41, 5.74) is 0. The molecule has 0 N–H and O–H groups in total. The predicted molar refractivity (Wildman–Crippen MR) is 87.0 cm³/mol. The van der Waals surface area contributed by atoms with Gasteiger partial charge in [-0.05, 0) is 24.5 Å². The van der Waals surface area contributed by atoms with E-state index in [9.17, 15) is 4.79 Å². The van der Waals surface area contributed by atoms with Crippen molar-refractivity contribution < 1.29 is 19.0 Å². The Morgan fingerprint density at radius 1 is 1.13 bits per heavy atom. The van der Waals surface area contributed by atoms with Gasteiger partial charge in [-0.1, -0.05) is 13.0 Å². The molecule has 1 aromatic rings. The van der Waals surface area contributed by atoms with Crippen LogP contribution < -0.4 is 14.2 Å². The van der Waals surface area contributed by atoms with Crippen molar-refractivity contribution in [2.45, 2.75) is 32.3 Å². The lowest BCUT2D eigenvalue weighted by Gasteiger charge is -2.33. The molecule has 2 fully saturated rings. The van der Waals surface area contributed by atoms with E-state index in [-0.39, 0.29) is 12.0 Å². The van der Waals surface area contributed by atoms with E-state index in [1.807, 2.05) is 23.1 Å². The normalized spacial score (nSPS) is 24.2. The molecule has 3 rings (SSSR count). The number of likely N-dealkylation sites (tertiary alicyclic amines) is 1. The Hall–Kier alpha value is -1.91. The molecular formula is C18H25NO4. The predicted octanol–water partition coefficient (Wildman–Crippen LogP) is 2.73. The quantitative estimate of drug-likeness (QED) is 0.837. The second kappa shape index (κ2) is 6.69. The number of para-hydroxylation sites is 1. The zero-order valence-electron chi connectivity index (χ0n) is 14.1. The van der Waals surface area contributed by atoms with E-state index in [0.717, 1.165) is 32.4 Å². The Bertz CT molecular complexity index is 544. The highest BCUT2D eigenvalue weighted by Crippen LogP contribution is 2.41. The van der Waals surface area contributed by atoms with Crippen molar-refractivity contribution in [1.82, 2.24) is 4.90 Å². The molecule has 1 amide bonds. The molecule has 1 saturated carbocycles. The Morgan fingerprint density at radius 2 is 1.70 bits per heavy atom.